The van der Waals surface area contributed by atoms with Gasteiger partial charge in [-0.25, -0.2) is 13.5 Å². The van der Waals surface area contributed by atoms with Crippen molar-refractivity contribution >= 4 is 33.5 Å². The van der Waals surface area contributed by atoms with E-state index in [4.69, 9.17) is 5.73 Å². The fourth-order valence-electron chi connectivity index (χ4n) is 1.93. The minimum atomic E-state index is -3.03. The second-order valence-corrected chi connectivity index (χ2v) is 7.87. The van der Waals surface area contributed by atoms with Crippen molar-refractivity contribution in [1.82, 2.24) is 20.5 Å². The van der Waals surface area contributed by atoms with E-state index in [1.165, 1.54) is 0 Å². The summed E-state index contributed by atoms with van der Waals surface area (Å²) in [5, 5.41) is 9.39. The van der Waals surface area contributed by atoms with Crippen LogP contribution in [0.4, 0.5) is 5.95 Å². The molecule has 0 aliphatic carbocycles. The molecule has 1 atom stereocenters. The number of aromatic nitrogens is 3. The highest BCUT2D eigenvalue weighted by atomic mass is 32.2. The number of aromatic amines is 1. The number of carbonyl (C=O) groups excluding carboxylic acids is 1. The van der Waals surface area contributed by atoms with Crippen LogP contribution in [0.15, 0.2) is 5.16 Å². The van der Waals surface area contributed by atoms with E-state index in [9.17, 15) is 13.2 Å². The Morgan fingerprint density at radius 3 is 2.89 bits per heavy atom. The number of nitrogens with zero attached hydrogens (tertiary/aromatic N) is 2. The first-order valence-corrected chi connectivity index (χ1v) is 8.41. The van der Waals surface area contributed by atoms with Crippen LogP contribution < -0.4 is 11.1 Å². The Kier molecular flexibility index (Phi) is 3.72. The van der Waals surface area contributed by atoms with Crippen molar-refractivity contribution in [2.24, 2.45) is 0 Å². The SMILES string of the molecule is C[C@@]1(NC(=O)CSc2n[nH]c(N)n2)CCS(=O)(=O)C1. The number of rotatable bonds is 4. The second-order valence-electron chi connectivity index (χ2n) is 4.74. The summed E-state index contributed by atoms with van der Waals surface area (Å²) in [7, 11) is -3.03. The highest BCUT2D eigenvalue weighted by molar-refractivity contribution is 7.99. The molecule has 1 amide bonds. The number of amides is 1. The van der Waals surface area contributed by atoms with Gasteiger partial charge in [-0.15, -0.1) is 5.10 Å². The molecule has 0 spiro atoms. The van der Waals surface area contributed by atoms with Crippen LogP contribution in [0.2, 0.25) is 0 Å². The van der Waals surface area contributed by atoms with Gasteiger partial charge in [0.2, 0.25) is 17.0 Å². The summed E-state index contributed by atoms with van der Waals surface area (Å²) >= 11 is 1.14. The molecule has 1 aromatic rings. The zero-order valence-electron chi connectivity index (χ0n) is 10.3. The minimum absolute atomic E-state index is 0.00991. The predicted molar refractivity (Wildman–Crippen MR) is 71.3 cm³/mol. The largest absolute Gasteiger partial charge is 0.368 e. The lowest BCUT2D eigenvalue weighted by Crippen LogP contribution is -2.47. The number of sulfone groups is 1. The monoisotopic (exact) mass is 305 g/mol. The van der Waals surface area contributed by atoms with Gasteiger partial charge in [0.05, 0.1) is 22.8 Å². The molecule has 4 N–H and O–H groups in total. The van der Waals surface area contributed by atoms with E-state index in [1.807, 2.05) is 0 Å². The van der Waals surface area contributed by atoms with E-state index in [0.29, 0.717) is 11.6 Å². The van der Waals surface area contributed by atoms with Crippen LogP contribution >= 0.6 is 11.8 Å². The summed E-state index contributed by atoms with van der Waals surface area (Å²) in [6.45, 7) is 1.74. The van der Waals surface area contributed by atoms with Crippen LogP contribution in [-0.2, 0) is 14.6 Å². The predicted octanol–water partition coefficient (Wildman–Crippen LogP) is -0.828. The minimum Gasteiger partial charge on any atom is -0.368 e. The van der Waals surface area contributed by atoms with Crippen molar-refractivity contribution < 1.29 is 13.2 Å². The molecule has 1 aromatic heterocycles. The molecule has 1 aliphatic heterocycles. The first kappa shape index (κ1) is 14.1. The third-order valence-corrected chi connectivity index (χ3v) is 5.51. The zero-order valence-corrected chi connectivity index (χ0v) is 12.0. The second kappa shape index (κ2) is 5.00. The Morgan fingerprint density at radius 2 is 2.37 bits per heavy atom. The van der Waals surface area contributed by atoms with Crippen LogP contribution in [-0.4, -0.2) is 52.3 Å². The Hall–Kier alpha value is -1.29. The smallest absolute Gasteiger partial charge is 0.230 e. The number of hydrogen-bond acceptors (Lipinski definition) is 7. The maximum absolute atomic E-state index is 11.8. The lowest BCUT2D eigenvalue weighted by atomic mass is 10.0. The molecule has 0 unspecified atom stereocenters. The molecule has 1 fully saturated rings. The molecular weight excluding hydrogens is 290 g/mol. The van der Waals surface area contributed by atoms with E-state index in [0.717, 1.165) is 11.8 Å². The zero-order chi connectivity index (χ0) is 14.1. The van der Waals surface area contributed by atoms with Gasteiger partial charge in [0.25, 0.3) is 0 Å². The molecule has 2 heterocycles. The molecule has 0 bridgehead atoms. The Labute approximate surface area is 114 Å². The number of hydrogen-bond donors (Lipinski definition) is 3. The molecule has 1 aliphatic rings. The lowest BCUT2D eigenvalue weighted by Gasteiger charge is -2.23. The standard InChI is InChI=1S/C9H15N5O3S2/c1-9(2-3-19(16,17)5-9)12-6(15)4-18-8-11-7(10)13-14-8/h2-5H2,1H3,(H,12,15)(H3,10,11,13,14)/t9-/m1/s1. The third kappa shape index (κ3) is 3.83. The molecule has 19 heavy (non-hydrogen) atoms. The lowest BCUT2D eigenvalue weighted by molar-refractivity contribution is -0.120. The summed E-state index contributed by atoms with van der Waals surface area (Å²) < 4.78 is 22.8. The number of thioether (sulfide) groups is 1. The molecule has 106 valence electrons. The molecular formula is C9H15N5O3S2. The van der Waals surface area contributed by atoms with E-state index in [-0.39, 0.29) is 29.1 Å². The van der Waals surface area contributed by atoms with Crippen molar-refractivity contribution in [3.63, 3.8) is 0 Å². The Morgan fingerprint density at radius 1 is 1.63 bits per heavy atom. The van der Waals surface area contributed by atoms with Crippen LogP contribution in [0.1, 0.15) is 13.3 Å². The number of carbonyl (C=O) groups is 1. The van der Waals surface area contributed by atoms with Crippen molar-refractivity contribution in [2.75, 3.05) is 23.0 Å². The van der Waals surface area contributed by atoms with Gasteiger partial charge >= 0.3 is 0 Å². The average molecular weight is 305 g/mol. The molecule has 0 radical (unpaired) electrons. The molecule has 0 saturated carbocycles. The fourth-order valence-corrected chi connectivity index (χ4v) is 4.63. The first-order valence-electron chi connectivity index (χ1n) is 5.60. The number of nitrogens with two attached hydrogens (primary N) is 1. The van der Waals surface area contributed by atoms with E-state index < -0.39 is 15.4 Å². The van der Waals surface area contributed by atoms with Crippen LogP contribution in [0.5, 0.6) is 0 Å². The van der Waals surface area contributed by atoms with E-state index in [1.54, 1.807) is 6.92 Å². The van der Waals surface area contributed by atoms with Gasteiger partial charge < -0.3 is 11.1 Å². The number of nitrogen functional groups attached to an aromatic ring is 1. The summed E-state index contributed by atoms with van der Waals surface area (Å²) in [4.78, 5) is 15.6. The topological polar surface area (TPSA) is 131 Å². The number of H-pyrrole nitrogens is 1. The van der Waals surface area contributed by atoms with Crippen LogP contribution in [0.3, 0.4) is 0 Å². The fraction of sp³-hybridized carbons (Fsp3) is 0.667. The Bertz CT molecular complexity index is 584. The molecule has 8 nitrogen and oxygen atoms in total. The quantitative estimate of drug-likeness (QED) is 0.619. The van der Waals surface area contributed by atoms with Crippen molar-refractivity contribution in [3.05, 3.63) is 0 Å². The van der Waals surface area contributed by atoms with Gasteiger partial charge in [-0.2, -0.15) is 4.98 Å². The van der Waals surface area contributed by atoms with Gasteiger partial charge in [-0.1, -0.05) is 11.8 Å². The van der Waals surface area contributed by atoms with Gasteiger partial charge in [0.15, 0.2) is 9.84 Å². The summed E-state index contributed by atoms with van der Waals surface area (Å²) in [5.74, 6) is 0.176. The highest BCUT2D eigenvalue weighted by Crippen LogP contribution is 2.23. The van der Waals surface area contributed by atoms with E-state index >= 15 is 0 Å². The molecule has 10 heteroatoms. The highest BCUT2D eigenvalue weighted by Gasteiger charge is 2.39. The van der Waals surface area contributed by atoms with Gasteiger partial charge in [0, 0.05) is 0 Å². The summed E-state index contributed by atoms with van der Waals surface area (Å²) in [6, 6.07) is 0. The first-order chi connectivity index (χ1) is 8.78. The maximum Gasteiger partial charge on any atom is 0.230 e. The summed E-state index contributed by atoms with van der Waals surface area (Å²) in [6.07, 6.45) is 0.444. The molecule has 1 saturated heterocycles. The number of anilines is 1. The third-order valence-electron chi connectivity index (χ3n) is 2.76. The average Bonchev–Trinajstić information content (AvgIpc) is 2.80. The van der Waals surface area contributed by atoms with Crippen molar-refractivity contribution in [3.8, 4) is 0 Å². The van der Waals surface area contributed by atoms with Gasteiger partial charge in [0.1, 0.15) is 0 Å². The number of nitrogens with one attached hydrogen (secondary N) is 2. The van der Waals surface area contributed by atoms with Gasteiger partial charge in [-0.3, -0.25) is 4.79 Å². The van der Waals surface area contributed by atoms with Crippen molar-refractivity contribution in [2.45, 2.75) is 24.0 Å². The van der Waals surface area contributed by atoms with E-state index in [2.05, 4.69) is 20.5 Å². The molecule has 2 rings (SSSR count). The van der Waals surface area contributed by atoms with Crippen LogP contribution in [0, 0.1) is 0 Å². The maximum atomic E-state index is 11.8. The Balaban J connectivity index is 1.85. The van der Waals surface area contributed by atoms with Crippen LogP contribution in [0.25, 0.3) is 0 Å². The van der Waals surface area contributed by atoms with Crippen molar-refractivity contribution in [1.29, 1.82) is 0 Å². The normalized spacial score (nSPS) is 25.3. The van der Waals surface area contributed by atoms with Gasteiger partial charge in [-0.05, 0) is 13.3 Å². The summed E-state index contributed by atoms with van der Waals surface area (Å²) in [5.41, 5.74) is 4.69. The molecule has 0 aromatic carbocycles.